The predicted octanol–water partition coefficient (Wildman–Crippen LogP) is 8.34. The van der Waals surface area contributed by atoms with Gasteiger partial charge >= 0.3 is 6.18 Å². The lowest BCUT2D eigenvalue weighted by molar-refractivity contribution is -0.142. The lowest BCUT2D eigenvalue weighted by Gasteiger charge is -2.41. The van der Waals surface area contributed by atoms with Gasteiger partial charge in [0.1, 0.15) is 28.8 Å². The lowest BCUT2D eigenvalue weighted by Crippen LogP contribution is -2.29. The van der Waals surface area contributed by atoms with Crippen LogP contribution >= 0.6 is 0 Å². The number of hydrogen-bond donors (Lipinski definition) is 0. The molecule has 0 heterocycles. The molecule has 0 spiro atoms. The van der Waals surface area contributed by atoms with Crippen molar-refractivity contribution in [1.29, 1.82) is 0 Å². The molecule has 7 heteroatoms. The minimum atomic E-state index is -5.25. The summed E-state index contributed by atoms with van der Waals surface area (Å²) in [6, 6.07) is 1.90. The van der Waals surface area contributed by atoms with Crippen LogP contribution in [0.2, 0.25) is 0 Å². The van der Waals surface area contributed by atoms with Crippen LogP contribution in [-0.2, 0) is 12.6 Å². The third-order valence-corrected chi connectivity index (χ3v) is 7.00. The summed E-state index contributed by atoms with van der Waals surface area (Å²) in [6.07, 6.45) is 2.45. The van der Waals surface area contributed by atoms with Gasteiger partial charge in [0.25, 0.3) is 0 Å². The fourth-order valence-electron chi connectivity index (χ4n) is 5.55. The van der Waals surface area contributed by atoms with Gasteiger partial charge in [0, 0.05) is 0 Å². The van der Waals surface area contributed by atoms with Gasteiger partial charge in [-0.05, 0) is 97.6 Å². The maximum absolute atomic E-state index is 15.4. The Morgan fingerprint density at radius 3 is 2.25 bits per heavy atom. The third kappa shape index (κ3) is 4.06. The molecule has 0 aromatic heterocycles. The van der Waals surface area contributed by atoms with Gasteiger partial charge in [0.15, 0.2) is 0 Å². The second-order valence-electron chi connectivity index (χ2n) is 8.88. The van der Waals surface area contributed by atoms with Gasteiger partial charge in [-0.15, -0.1) is 6.58 Å². The summed E-state index contributed by atoms with van der Waals surface area (Å²) in [5.41, 5.74) is -2.46. The van der Waals surface area contributed by atoms with Crippen molar-refractivity contribution in [3.8, 4) is 11.1 Å². The Balaban J connectivity index is 1.70. The summed E-state index contributed by atoms with van der Waals surface area (Å²) in [7, 11) is 0. The number of alkyl halides is 3. The maximum atomic E-state index is 15.4. The van der Waals surface area contributed by atoms with Crippen LogP contribution in [0.25, 0.3) is 11.1 Å². The molecule has 2 aliphatic rings. The highest BCUT2D eigenvalue weighted by Gasteiger charge is 2.40. The second-order valence-corrected chi connectivity index (χ2v) is 8.88. The maximum Gasteiger partial charge on any atom is 0.422 e. The molecule has 0 N–H and O–H groups in total. The van der Waals surface area contributed by atoms with Gasteiger partial charge in [0.2, 0.25) is 0 Å². The molecule has 0 nitrogen and oxygen atoms in total. The first-order valence-electron chi connectivity index (χ1n) is 10.8. The summed E-state index contributed by atoms with van der Waals surface area (Å²) in [5, 5.41) is 0. The highest BCUT2D eigenvalue weighted by molar-refractivity contribution is 5.68. The summed E-state index contributed by atoms with van der Waals surface area (Å²) in [5.74, 6) is -4.87. The van der Waals surface area contributed by atoms with E-state index < -0.39 is 46.1 Å². The molecule has 0 unspecified atom stereocenters. The Labute approximate surface area is 182 Å². The van der Waals surface area contributed by atoms with Crippen molar-refractivity contribution in [2.75, 3.05) is 0 Å². The van der Waals surface area contributed by atoms with E-state index in [1.165, 1.54) is 6.07 Å². The molecule has 0 radical (unpaired) electrons. The van der Waals surface area contributed by atoms with Crippen LogP contribution in [0.5, 0.6) is 0 Å². The summed E-state index contributed by atoms with van der Waals surface area (Å²) >= 11 is 0. The van der Waals surface area contributed by atoms with Crippen LogP contribution in [0.1, 0.15) is 61.1 Å². The smallest absolute Gasteiger partial charge is 0.206 e. The summed E-state index contributed by atoms with van der Waals surface area (Å²) in [4.78, 5) is 0. The van der Waals surface area contributed by atoms with Crippen LogP contribution in [0.4, 0.5) is 30.7 Å². The van der Waals surface area contributed by atoms with Crippen molar-refractivity contribution < 1.29 is 30.7 Å². The van der Waals surface area contributed by atoms with E-state index in [-0.39, 0.29) is 5.92 Å². The Kier molecular flexibility index (Phi) is 6.12. The van der Waals surface area contributed by atoms with E-state index in [4.69, 9.17) is 0 Å². The van der Waals surface area contributed by atoms with E-state index in [1.807, 2.05) is 6.08 Å². The Morgan fingerprint density at radius 1 is 0.938 bits per heavy atom. The number of allylic oxidation sites excluding steroid dienone is 1. The van der Waals surface area contributed by atoms with E-state index in [0.717, 1.165) is 38.5 Å². The van der Waals surface area contributed by atoms with E-state index in [9.17, 15) is 22.0 Å². The van der Waals surface area contributed by atoms with Gasteiger partial charge in [-0.2, -0.15) is 13.2 Å². The van der Waals surface area contributed by atoms with Crippen LogP contribution in [0.3, 0.4) is 0 Å². The molecule has 1 fully saturated rings. The topological polar surface area (TPSA) is 0 Å². The number of benzene rings is 2. The number of fused-ring (bicyclic) bond motifs is 3. The van der Waals surface area contributed by atoms with E-state index in [2.05, 4.69) is 6.58 Å². The molecule has 2 aromatic rings. The van der Waals surface area contributed by atoms with Crippen molar-refractivity contribution in [2.24, 2.45) is 11.8 Å². The second kappa shape index (κ2) is 8.56. The minimum absolute atomic E-state index is 0.0119. The first-order chi connectivity index (χ1) is 15.1. The quantitative estimate of drug-likeness (QED) is 0.320. The predicted molar refractivity (Wildman–Crippen MR) is 108 cm³/mol. The van der Waals surface area contributed by atoms with Crippen molar-refractivity contribution in [1.82, 2.24) is 0 Å². The number of halogens is 7. The zero-order chi connectivity index (χ0) is 23.2. The van der Waals surface area contributed by atoms with E-state index in [1.54, 1.807) is 0 Å². The van der Waals surface area contributed by atoms with Crippen molar-refractivity contribution in [3.63, 3.8) is 0 Å². The van der Waals surface area contributed by atoms with Gasteiger partial charge in [-0.25, -0.2) is 17.6 Å². The van der Waals surface area contributed by atoms with Crippen molar-refractivity contribution in [3.05, 3.63) is 70.8 Å². The highest BCUT2D eigenvalue weighted by atomic mass is 19.4. The summed E-state index contributed by atoms with van der Waals surface area (Å²) < 4.78 is 97.0. The average molecular weight is 456 g/mol. The van der Waals surface area contributed by atoms with Crippen LogP contribution in [0, 0.1) is 35.1 Å². The SMILES string of the molecule is C=CCC[C@@H]1CC[C@@H]2c3cc(F)c(-c4cc(F)c(C(F)(F)F)c(F)c4)c(F)c3CC[C@@H]2C1. The molecule has 0 saturated heterocycles. The summed E-state index contributed by atoms with van der Waals surface area (Å²) in [6.45, 7) is 3.75. The van der Waals surface area contributed by atoms with E-state index >= 15 is 8.78 Å². The molecular weight excluding hydrogens is 433 g/mol. The Bertz CT molecular complexity index is 1010. The standard InChI is InChI=1S/C25H23F7/c1-2-3-4-13-5-7-16-14(9-13)6-8-17-18(16)12-19(26)22(24(17)29)15-10-20(27)23(21(28)11-15)25(30,31)32/h2,10-14,16H,1,3-9H2/t13-,14-,16+/m1/s1. The fraction of sp³-hybridized carbons (Fsp3) is 0.440. The molecule has 4 rings (SSSR count). The zero-order valence-corrected chi connectivity index (χ0v) is 17.3. The number of rotatable bonds is 4. The van der Waals surface area contributed by atoms with Gasteiger partial charge < -0.3 is 0 Å². The van der Waals surface area contributed by atoms with Crippen LogP contribution in [0.15, 0.2) is 30.9 Å². The van der Waals surface area contributed by atoms with Gasteiger partial charge in [0.05, 0.1) is 5.56 Å². The average Bonchev–Trinajstić information content (AvgIpc) is 2.70. The first kappa shape index (κ1) is 22.9. The molecule has 0 amide bonds. The normalized spacial score (nSPS) is 22.9. The third-order valence-electron chi connectivity index (χ3n) is 7.00. The first-order valence-corrected chi connectivity index (χ1v) is 10.8. The van der Waals surface area contributed by atoms with E-state index in [0.29, 0.717) is 41.5 Å². The molecule has 2 aliphatic carbocycles. The highest BCUT2D eigenvalue weighted by Crippen LogP contribution is 2.50. The molecule has 172 valence electrons. The van der Waals surface area contributed by atoms with Gasteiger partial charge in [-0.3, -0.25) is 0 Å². The Morgan fingerprint density at radius 2 is 1.62 bits per heavy atom. The molecule has 3 atom stereocenters. The zero-order valence-electron chi connectivity index (χ0n) is 17.3. The molecule has 0 aliphatic heterocycles. The Hall–Kier alpha value is -2.31. The molecular formula is C25H23F7. The monoisotopic (exact) mass is 456 g/mol. The van der Waals surface area contributed by atoms with Gasteiger partial charge in [-0.1, -0.05) is 6.08 Å². The molecule has 1 saturated carbocycles. The number of hydrogen-bond acceptors (Lipinski definition) is 0. The van der Waals surface area contributed by atoms with Crippen LogP contribution in [-0.4, -0.2) is 0 Å². The minimum Gasteiger partial charge on any atom is -0.206 e. The van der Waals surface area contributed by atoms with Crippen LogP contribution < -0.4 is 0 Å². The molecule has 32 heavy (non-hydrogen) atoms. The largest absolute Gasteiger partial charge is 0.422 e. The molecule has 0 bridgehead atoms. The lowest BCUT2D eigenvalue weighted by atomic mass is 9.64. The molecule has 2 aromatic carbocycles. The van der Waals surface area contributed by atoms with Crippen molar-refractivity contribution >= 4 is 0 Å². The van der Waals surface area contributed by atoms with Crippen molar-refractivity contribution in [2.45, 2.75) is 57.0 Å². The fourth-order valence-corrected chi connectivity index (χ4v) is 5.55.